The Kier molecular flexibility index (Phi) is 6.21. The van der Waals surface area contributed by atoms with Gasteiger partial charge < -0.3 is 10.6 Å². The Bertz CT molecular complexity index is 509. The second-order valence-corrected chi connectivity index (χ2v) is 6.54. The van der Waals surface area contributed by atoms with Crippen LogP contribution in [0.5, 0.6) is 0 Å². The molecule has 5 heteroatoms. The number of hydrogen-bond donors (Lipinski definition) is 2. The molecule has 21 heavy (non-hydrogen) atoms. The van der Waals surface area contributed by atoms with Gasteiger partial charge in [-0.1, -0.05) is 44.5 Å². The summed E-state index contributed by atoms with van der Waals surface area (Å²) in [6.07, 6.45) is 0.257. The van der Waals surface area contributed by atoms with Crippen LogP contribution in [0.2, 0.25) is 5.02 Å². The Hall–Kier alpha value is -1.55. The van der Waals surface area contributed by atoms with Crippen molar-refractivity contribution in [1.82, 2.24) is 10.6 Å². The lowest BCUT2D eigenvalue weighted by Crippen LogP contribution is -2.37. The number of carbonyl (C=O) groups is 2. The Morgan fingerprint density at radius 3 is 2.52 bits per heavy atom. The molecule has 0 radical (unpaired) electrons. The van der Waals surface area contributed by atoms with Crippen LogP contribution in [0.4, 0.5) is 0 Å². The van der Waals surface area contributed by atoms with Gasteiger partial charge in [-0.15, -0.1) is 0 Å². The lowest BCUT2D eigenvalue weighted by Gasteiger charge is -2.18. The molecule has 0 aliphatic heterocycles. The van der Waals surface area contributed by atoms with Gasteiger partial charge in [0, 0.05) is 23.4 Å². The molecule has 0 spiro atoms. The first-order valence-corrected chi connectivity index (χ1v) is 7.41. The van der Waals surface area contributed by atoms with Crippen LogP contribution in [0.15, 0.2) is 24.3 Å². The van der Waals surface area contributed by atoms with E-state index in [0.29, 0.717) is 11.6 Å². The monoisotopic (exact) mass is 310 g/mol. The first kappa shape index (κ1) is 17.5. The highest BCUT2D eigenvalue weighted by atomic mass is 35.5. The van der Waals surface area contributed by atoms with Crippen molar-refractivity contribution >= 4 is 23.4 Å². The summed E-state index contributed by atoms with van der Waals surface area (Å²) in [6.45, 7) is 7.75. The van der Waals surface area contributed by atoms with Crippen molar-refractivity contribution in [3.63, 3.8) is 0 Å². The molecule has 0 heterocycles. The predicted molar refractivity (Wildman–Crippen MR) is 85.1 cm³/mol. The van der Waals surface area contributed by atoms with Crippen LogP contribution in [-0.4, -0.2) is 18.4 Å². The minimum absolute atomic E-state index is 0.0572. The second-order valence-electron chi connectivity index (χ2n) is 6.10. The highest BCUT2D eigenvalue weighted by Crippen LogP contribution is 2.17. The normalized spacial score (nSPS) is 12.6. The van der Waals surface area contributed by atoms with Gasteiger partial charge in [0.2, 0.25) is 11.8 Å². The number of nitrogens with one attached hydrogen (secondary N) is 2. The fourth-order valence-corrected chi connectivity index (χ4v) is 1.93. The fraction of sp³-hybridized carbons (Fsp3) is 0.500. The van der Waals surface area contributed by atoms with Gasteiger partial charge in [0.15, 0.2) is 0 Å². The number of rotatable bonds is 5. The van der Waals surface area contributed by atoms with Gasteiger partial charge in [-0.05, 0) is 24.6 Å². The molecule has 0 saturated carbocycles. The molecule has 0 aromatic heterocycles. The molecule has 1 rings (SSSR count). The molecular weight excluding hydrogens is 288 g/mol. The minimum Gasteiger partial charge on any atom is -0.355 e. The summed E-state index contributed by atoms with van der Waals surface area (Å²) in [5.74, 6) is -0.158. The summed E-state index contributed by atoms with van der Waals surface area (Å²) in [7, 11) is 0. The van der Waals surface area contributed by atoms with Gasteiger partial charge in [0.1, 0.15) is 0 Å². The number of carbonyl (C=O) groups excluding carboxylic acids is 2. The average Bonchev–Trinajstić information content (AvgIpc) is 2.37. The van der Waals surface area contributed by atoms with Crippen LogP contribution in [0, 0.1) is 5.41 Å². The van der Waals surface area contributed by atoms with Crippen LogP contribution in [0.1, 0.15) is 45.7 Å². The van der Waals surface area contributed by atoms with Crippen molar-refractivity contribution in [3.05, 3.63) is 34.9 Å². The van der Waals surface area contributed by atoms with Crippen molar-refractivity contribution in [1.29, 1.82) is 0 Å². The fourth-order valence-electron chi connectivity index (χ4n) is 1.73. The van der Waals surface area contributed by atoms with E-state index in [1.165, 1.54) is 0 Å². The molecule has 2 N–H and O–H groups in total. The third kappa shape index (κ3) is 6.17. The molecule has 0 fully saturated rings. The number of amides is 2. The Morgan fingerprint density at radius 1 is 1.29 bits per heavy atom. The van der Waals surface area contributed by atoms with Gasteiger partial charge in [-0.25, -0.2) is 0 Å². The van der Waals surface area contributed by atoms with Gasteiger partial charge in [0.25, 0.3) is 0 Å². The summed E-state index contributed by atoms with van der Waals surface area (Å²) >= 11 is 5.93. The van der Waals surface area contributed by atoms with Crippen molar-refractivity contribution in [3.8, 4) is 0 Å². The standard InChI is InChI=1S/C16H23ClN2O2/c1-11(12-6-5-7-13(17)10-12)19-14(20)8-9-18-15(21)16(2,3)4/h5-7,10-11H,8-9H2,1-4H3,(H,18,21)(H,19,20). The SMILES string of the molecule is CC(NC(=O)CCNC(=O)C(C)(C)C)c1cccc(Cl)c1. The van der Waals surface area contributed by atoms with Crippen molar-refractivity contribution in [2.24, 2.45) is 5.41 Å². The maximum absolute atomic E-state index is 11.8. The van der Waals surface area contributed by atoms with Crippen molar-refractivity contribution in [2.45, 2.75) is 40.2 Å². The Balaban J connectivity index is 2.39. The Labute approximate surface area is 131 Å². The largest absolute Gasteiger partial charge is 0.355 e. The number of hydrogen-bond acceptors (Lipinski definition) is 2. The average molecular weight is 311 g/mol. The van der Waals surface area contributed by atoms with E-state index in [1.807, 2.05) is 45.9 Å². The van der Waals surface area contributed by atoms with E-state index >= 15 is 0 Å². The Morgan fingerprint density at radius 2 is 1.95 bits per heavy atom. The van der Waals surface area contributed by atoms with E-state index in [0.717, 1.165) is 5.56 Å². The first-order chi connectivity index (χ1) is 9.70. The van der Waals surface area contributed by atoms with Gasteiger partial charge in [0.05, 0.1) is 6.04 Å². The van der Waals surface area contributed by atoms with Crippen molar-refractivity contribution in [2.75, 3.05) is 6.54 Å². The zero-order chi connectivity index (χ0) is 16.0. The first-order valence-electron chi connectivity index (χ1n) is 7.03. The molecule has 0 aliphatic rings. The highest BCUT2D eigenvalue weighted by Gasteiger charge is 2.20. The van der Waals surface area contributed by atoms with Gasteiger partial charge in [-0.2, -0.15) is 0 Å². The molecule has 0 aliphatic carbocycles. The molecule has 1 unspecified atom stereocenters. The van der Waals surface area contributed by atoms with E-state index in [9.17, 15) is 9.59 Å². The van der Waals surface area contributed by atoms with E-state index < -0.39 is 5.41 Å². The lowest BCUT2D eigenvalue weighted by molar-refractivity contribution is -0.128. The van der Waals surface area contributed by atoms with Gasteiger partial charge >= 0.3 is 0 Å². The highest BCUT2D eigenvalue weighted by molar-refractivity contribution is 6.30. The second kappa shape index (κ2) is 7.46. The summed E-state index contributed by atoms with van der Waals surface area (Å²) in [4.78, 5) is 23.5. The maximum atomic E-state index is 11.8. The molecule has 1 aromatic carbocycles. The van der Waals surface area contributed by atoms with E-state index in [1.54, 1.807) is 6.07 Å². The minimum atomic E-state index is -0.440. The molecule has 1 aromatic rings. The third-order valence-corrected chi connectivity index (χ3v) is 3.28. The smallest absolute Gasteiger partial charge is 0.225 e. The summed E-state index contributed by atoms with van der Waals surface area (Å²) in [5, 5.41) is 6.29. The zero-order valence-electron chi connectivity index (χ0n) is 13.0. The molecule has 0 saturated heterocycles. The van der Waals surface area contributed by atoms with E-state index in [-0.39, 0.29) is 24.3 Å². The molecular formula is C16H23ClN2O2. The number of benzene rings is 1. The molecule has 0 bridgehead atoms. The maximum Gasteiger partial charge on any atom is 0.225 e. The van der Waals surface area contributed by atoms with Crippen LogP contribution < -0.4 is 10.6 Å². The summed E-state index contributed by atoms with van der Waals surface area (Å²) in [5.41, 5.74) is 0.513. The molecule has 1 atom stereocenters. The van der Waals surface area contributed by atoms with E-state index in [4.69, 9.17) is 11.6 Å². The van der Waals surface area contributed by atoms with Crippen LogP contribution in [0.3, 0.4) is 0 Å². The topological polar surface area (TPSA) is 58.2 Å². The van der Waals surface area contributed by atoms with Crippen LogP contribution >= 0.6 is 11.6 Å². The summed E-state index contributed by atoms with van der Waals surface area (Å²) in [6, 6.07) is 7.27. The van der Waals surface area contributed by atoms with Crippen molar-refractivity contribution < 1.29 is 9.59 Å². The van der Waals surface area contributed by atoms with E-state index in [2.05, 4.69) is 10.6 Å². The lowest BCUT2D eigenvalue weighted by atomic mass is 9.96. The third-order valence-electron chi connectivity index (χ3n) is 3.04. The predicted octanol–water partition coefficient (Wildman–Crippen LogP) is 3.07. The molecule has 2 amide bonds. The molecule has 4 nitrogen and oxygen atoms in total. The number of halogens is 1. The quantitative estimate of drug-likeness (QED) is 0.878. The van der Waals surface area contributed by atoms with Crippen LogP contribution in [-0.2, 0) is 9.59 Å². The summed E-state index contributed by atoms with van der Waals surface area (Å²) < 4.78 is 0. The zero-order valence-corrected chi connectivity index (χ0v) is 13.8. The van der Waals surface area contributed by atoms with Gasteiger partial charge in [-0.3, -0.25) is 9.59 Å². The molecule has 116 valence electrons. The van der Waals surface area contributed by atoms with Crippen LogP contribution in [0.25, 0.3) is 0 Å².